The molecule has 2 heterocycles. The zero-order valence-corrected chi connectivity index (χ0v) is 15.8. The van der Waals surface area contributed by atoms with Gasteiger partial charge in [0.2, 0.25) is 0 Å². The molecule has 2 aliphatic rings. The number of amides is 1. The second-order valence-corrected chi connectivity index (χ2v) is 7.80. The Balaban J connectivity index is 1.54. The molecule has 1 aliphatic heterocycles. The average Bonchev–Trinajstić information content (AvgIpc) is 3.16. The number of aryl methyl sites for hydroxylation is 1. The van der Waals surface area contributed by atoms with E-state index in [1.807, 2.05) is 4.90 Å². The highest BCUT2D eigenvalue weighted by Crippen LogP contribution is 2.35. The first kappa shape index (κ1) is 18.9. The minimum absolute atomic E-state index is 0.0181. The summed E-state index contributed by atoms with van der Waals surface area (Å²) in [5.41, 5.74) is 0.576. The molecule has 1 amide bonds. The monoisotopic (exact) mass is 359 g/mol. The molecule has 0 bridgehead atoms. The Hall–Kier alpha value is -1.91. The van der Waals surface area contributed by atoms with E-state index in [2.05, 4.69) is 23.4 Å². The second-order valence-electron chi connectivity index (χ2n) is 7.80. The number of nitrogens with zero attached hydrogens (tertiary/aromatic N) is 4. The number of hydrogen-bond donors (Lipinski definition) is 1. The molecule has 142 valence electrons. The summed E-state index contributed by atoms with van der Waals surface area (Å²) in [5.74, 6) is 0.767. The SMILES string of the molecule is COCC1(CN[C@@H]2C[C@H]2C)CCN(C(=O)c2ccn(CCC#N)n2)CC1. The summed E-state index contributed by atoms with van der Waals surface area (Å²) in [7, 11) is 1.76. The topological polar surface area (TPSA) is 83.2 Å². The Morgan fingerprint density at radius 2 is 2.23 bits per heavy atom. The lowest BCUT2D eigenvalue weighted by Crippen LogP contribution is -2.49. The fourth-order valence-corrected chi connectivity index (χ4v) is 3.74. The Morgan fingerprint density at radius 3 is 2.85 bits per heavy atom. The Labute approximate surface area is 155 Å². The number of piperidine rings is 1. The van der Waals surface area contributed by atoms with E-state index in [0.717, 1.165) is 45.0 Å². The highest BCUT2D eigenvalue weighted by atomic mass is 16.5. The van der Waals surface area contributed by atoms with Crippen molar-refractivity contribution in [3.63, 3.8) is 0 Å². The van der Waals surface area contributed by atoms with Crippen LogP contribution in [0.1, 0.15) is 43.1 Å². The van der Waals surface area contributed by atoms with Gasteiger partial charge in [0.25, 0.3) is 5.91 Å². The van der Waals surface area contributed by atoms with Gasteiger partial charge < -0.3 is 15.0 Å². The van der Waals surface area contributed by atoms with Crippen molar-refractivity contribution in [3.05, 3.63) is 18.0 Å². The van der Waals surface area contributed by atoms with Gasteiger partial charge in [-0.25, -0.2) is 0 Å². The van der Waals surface area contributed by atoms with E-state index in [1.54, 1.807) is 24.1 Å². The molecule has 1 N–H and O–H groups in total. The van der Waals surface area contributed by atoms with Gasteiger partial charge in [-0.1, -0.05) is 6.92 Å². The molecule has 1 aromatic rings. The lowest BCUT2D eigenvalue weighted by atomic mass is 9.78. The van der Waals surface area contributed by atoms with Gasteiger partial charge in [-0.2, -0.15) is 10.4 Å². The van der Waals surface area contributed by atoms with Gasteiger partial charge in [-0.3, -0.25) is 9.48 Å². The average molecular weight is 359 g/mol. The fraction of sp³-hybridized carbons (Fsp3) is 0.737. The maximum absolute atomic E-state index is 12.7. The first-order valence-corrected chi connectivity index (χ1v) is 9.49. The number of carbonyl (C=O) groups excluding carboxylic acids is 1. The number of ether oxygens (including phenoxy) is 1. The maximum atomic E-state index is 12.7. The molecule has 1 aliphatic carbocycles. The van der Waals surface area contributed by atoms with Gasteiger partial charge in [0.15, 0.2) is 0 Å². The summed E-state index contributed by atoms with van der Waals surface area (Å²) >= 11 is 0. The quantitative estimate of drug-likeness (QED) is 0.763. The zero-order valence-electron chi connectivity index (χ0n) is 15.8. The van der Waals surface area contributed by atoms with E-state index >= 15 is 0 Å². The number of carbonyl (C=O) groups is 1. The molecule has 1 aromatic heterocycles. The smallest absolute Gasteiger partial charge is 0.274 e. The van der Waals surface area contributed by atoms with E-state index in [-0.39, 0.29) is 11.3 Å². The summed E-state index contributed by atoms with van der Waals surface area (Å²) < 4.78 is 7.16. The van der Waals surface area contributed by atoms with E-state index in [0.29, 0.717) is 24.7 Å². The third-order valence-electron chi connectivity index (χ3n) is 5.72. The number of methoxy groups -OCH3 is 1. The normalized spacial score (nSPS) is 24.3. The Bertz CT molecular complexity index is 657. The maximum Gasteiger partial charge on any atom is 0.274 e. The number of nitrogens with one attached hydrogen (secondary N) is 1. The van der Waals surface area contributed by atoms with Crippen molar-refractivity contribution in [2.45, 2.75) is 45.2 Å². The van der Waals surface area contributed by atoms with Crippen molar-refractivity contribution in [1.29, 1.82) is 5.26 Å². The van der Waals surface area contributed by atoms with Crippen LogP contribution in [0.5, 0.6) is 0 Å². The van der Waals surface area contributed by atoms with Crippen LogP contribution in [0.4, 0.5) is 0 Å². The molecule has 7 nitrogen and oxygen atoms in total. The van der Waals surface area contributed by atoms with Crippen molar-refractivity contribution in [3.8, 4) is 6.07 Å². The molecule has 7 heteroatoms. The number of likely N-dealkylation sites (tertiary alicyclic amines) is 1. The minimum atomic E-state index is -0.0181. The van der Waals surface area contributed by atoms with Gasteiger partial charge in [-0.05, 0) is 31.2 Å². The number of aromatic nitrogens is 2. The molecule has 1 saturated carbocycles. The van der Waals surface area contributed by atoms with Gasteiger partial charge >= 0.3 is 0 Å². The van der Waals surface area contributed by atoms with Crippen LogP contribution in [-0.2, 0) is 11.3 Å². The molecule has 1 saturated heterocycles. The number of rotatable bonds is 8. The lowest BCUT2D eigenvalue weighted by Gasteiger charge is -2.41. The standard InChI is InChI=1S/C19H29N5O2/c1-15-12-17(15)21-13-19(14-26-2)5-10-23(11-6-19)18(25)16-4-9-24(22-16)8-3-7-20/h4,9,15,17,21H,3,5-6,8,10-14H2,1-2H3/t15-,17-/m1/s1. The third-order valence-corrected chi connectivity index (χ3v) is 5.72. The summed E-state index contributed by atoms with van der Waals surface area (Å²) in [6, 6.07) is 4.49. The number of hydrogen-bond acceptors (Lipinski definition) is 5. The molecule has 2 atom stereocenters. The molecule has 2 fully saturated rings. The molecule has 3 rings (SSSR count). The van der Waals surface area contributed by atoms with Crippen molar-refractivity contribution in [1.82, 2.24) is 20.0 Å². The van der Waals surface area contributed by atoms with E-state index in [1.165, 1.54) is 6.42 Å². The lowest BCUT2D eigenvalue weighted by molar-refractivity contribution is 0.0198. The number of nitriles is 1. The molecule has 0 unspecified atom stereocenters. The molecule has 0 radical (unpaired) electrons. The second kappa shape index (κ2) is 8.19. The van der Waals surface area contributed by atoms with Crippen molar-refractivity contribution >= 4 is 5.91 Å². The van der Waals surface area contributed by atoms with E-state index in [9.17, 15) is 4.79 Å². The summed E-state index contributed by atoms with van der Waals surface area (Å²) in [6.45, 7) is 5.94. The van der Waals surface area contributed by atoms with Crippen molar-refractivity contribution in [2.75, 3.05) is 33.4 Å². The van der Waals surface area contributed by atoms with Crippen LogP contribution < -0.4 is 5.32 Å². The van der Waals surface area contributed by atoms with Crippen LogP contribution in [0.2, 0.25) is 0 Å². The van der Waals surface area contributed by atoms with Gasteiger partial charge in [0.1, 0.15) is 5.69 Å². The summed E-state index contributed by atoms with van der Waals surface area (Å²) in [4.78, 5) is 14.6. The molecule has 26 heavy (non-hydrogen) atoms. The minimum Gasteiger partial charge on any atom is -0.384 e. The van der Waals surface area contributed by atoms with Crippen LogP contribution in [-0.4, -0.2) is 60.0 Å². The van der Waals surface area contributed by atoms with E-state index < -0.39 is 0 Å². The summed E-state index contributed by atoms with van der Waals surface area (Å²) in [5, 5.41) is 16.6. The first-order chi connectivity index (χ1) is 12.6. The highest BCUT2D eigenvalue weighted by Gasteiger charge is 2.39. The third kappa shape index (κ3) is 4.43. The Morgan fingerprint density at radius 1 is 1.50 bits per heavy atom. The Kier molecular flexibility index (Phi) is 5.94. The molecular weight excluding hydrogens is 330 g/mol. The van der Waals surface area contributed by atoms with E-state index in [4.69, 9.17) is 10.00 Å². The fourth-order valence-electron chi connectivity index (χ4n) is 3.74. The van der Waals surface area contributed by atoms with Crippen LogP contribution in [0.15, 0.2) is 12.3 Å². The summed E-state index contributed by atoms with van der Waals surface area (Å²) in [6.07, 6.45) is 5.31. The van der Waals surface area contributed by atoms with Crippen LogP contribution >= 0.6 is 0 Å². The predicted molar refractivity (Wildman–Crippen MR) is 97.5 cm³/mol. The van der Waals surface area contributed by atoms with Gasteiger partial charge in [0.05, 0.1) is 25.6 Å². The largest absolute Gasteiger partial charge is 0.384 e. The predicted octanol–water partition coefficient (Wildman–Crippen LogP) is 1.66. The van der Waals surface area contributed by atoms with Crippen molar-refractivity contribution in [2.24, 2.45) is 11.3 Å². The van der Waals surface area contributed by atoms with Crippen LogP contribution in [0.3, 0.4) is 0 Å². The first-order valence-electron chi connectivity index (χ1n) is 9.49. The van der Waals surface area contributed by atoms with Gasteiger partial charge in [-0.15, -0.1) is 0 Å². The zero-order chi connectivity index (χ0) is 18.6. The molecular formula is C19H29N5O2. The van der Waals surface area contributed by atoms with Crippen LogP contribution in [0.25, 0.3) is 0 Å². The molecule has 0 aromatic carbocycles. The van der Waals surface area contributed by atoms with Crippen LogP contribution in [0, 0.1) is 22.7 Å². The van der Waals surface area contributed by atoms with Gasteiger partial charge in [0, 0.05) is 44.4 Å². The molecule has 0 spiro atoms. The highest BCUT2D eigenvalue weighted by molar-refractivity contribution is 5.92. The van der Waals surface area contributed by atoms with Crippen molar-refractivity contribution < 1.29 is 9.53 Å².